The monoisotopic (exact) mass is 551 g/mol. The van der Waals surface area contributed by atoms with Crippen LogP contribution in [0.25, 0.3) is 0 Å². The highest BCUT2D eigenvalue weighted by atomic mass is 79.9. The minimum absolute atomic E-state index is 0. The zero-order valence-corrected chi connectivity index (χ0v) is 21.9. The van der Waals surface area contributed by atoms with E-state index in [1.54, 1.807) is 22.7 Å². The second kappa shape index (κ2) is 11.6. The highest BCUT2D eigenvalue weighted by molar-refractivity contribution is 7.10. The third-order valence-electron chi connectivity index (χ3n) is 6.03. The van der Waals surface area contributed by atoms with Crippen LogP contribution < -0.4 is 21.7 Å². The molecule has 1 fully saturated rings. The van der Waals surface area contributed by atoms with Crippen LogP contribution in [0.5, 0.6) is 5.75 Å². The maximum absolute atomic E-state index is 13.2. The molecule has 0 amide bonds. The average molecular weight is 553 g/mol. The van der Waals surface area contributed by atoms with Gasteiger partial charge in [0.25, 0.3) is 0 Å². The Hall–Kier alpha value is -1.71. The van der Waals surface area contributed by atoms with E-state index in [0.29, 0.717) is 6.61 Å². The number of thiophene rings is 2. The van der Waals surface area contributed by atoms with Gasteiger partial charge in [0.1, 0.15) is 25.4 Å². The fourth-order valence-electron chi connectivity index (χ4n) is 4.20. The number of carbonyl (C=O) groups excluding carboxylic acids is 1. The van der Waals surface area contributed by atoms with Crippen molar-refractivity contribution in [1.82, 2.24) is 0 Å². The van der Waals surface area contributed by atoms with Crippen LogP contribution in [0.2, 0.25) is 0 Å². The maximum Gasteiger partial charge on any atom is 0.339 e. The molecule has 8 heteroatoms. The van der Waals surface area contributed by atoms with Gasteiger partial charge in [-0.3, -0.25) is 0 Å². The van der Waals surface area contributed by atoms with Crippen LogP contribution in [-0.4, -0.2) is 60.6 Å². The number of likely N-dealkylation sites (tertiary alicyclic amines) is 1. The van der Waals surface area contributed by atoms with Gasteiger partial charge >= 0.3 is 5.97 Å². The topological polar surface area (TPSA) is 55.8 Å². The summed E-state index contributed by atoms with van der Waals surface area (Å²) in [5.74, 6) is 0.353. The standard InChI is InChI=1S/C25H30NO4S2.BrH/c1-26(13-14-29-20-7-3-2-4-8-20)12-11-21(19-26)30-24(27)25(28,17-22-9-5-15-31-22)18-23-10-6-16-32-23;/h2-10,15-16,21,28H,11-14,17-19H2,1H3;1H/q+1;/p-1/t21-,26?;/m0./s1. The summed E-state index contributed by atoms with van der Waals surface area (Å²) in [6, 6.07) is 17.6. The number of ether oxygens (including phenoxy) is 2. The van der Waals surface area contributed by atoms with E-state index in [1.165, 1.54) is 0 Å². The molecular weight excluding hydrogens is 522 g/mol. The summed E-state index contributed by atoms with van der Waals surface area (Å²) in [6.07, 6.45) is 1.14. The summed E-state index contributed by atoms with van der Waals surface area (Å²) in [5.41, 5.74) is -1.56. The van der Waals surface area contributed by atoms with E-state index in [-0.39, 0.29) is 35.9 Å². The van der Waals surface area contributed by atoms with Crippen LogP contribution in [0.1, 0.15) is 16.2 Å². The quantitative estimate of drug-likeness (QED) is 0.303. The molecule has 0 saturated carbocycles. The number of benzene rings is 1. The smallest absolute Gasteiger partial charge is 0.339 e. The van der Waals surface area contributed by atoms with Gasteiger partial charge in [-0.25, -0.2) is 4.79 Å². The Morgan fingerprint density at radius 2 is 1.70 bits per heavy atom. The van der Waals surface area contributed by atoms with Gasteiger partial charge in [-0.15, -0.1) is 22.7 Å². The first kappa shape index (κ1) is 25.9. The van der Waals surface area contributed by atoms with Crippen molar-refractivity contribution >= 4 is 28.6 Å². The molecule has 4 rings (SSSR count). The molecule has 1 aliphatic heterocycles. The molecule has 1 aromatic carbocycles. The lowest BCUT2D eigenvalue weighted by Crippen LogP contribution is -3.00. The van der Waals surface area contributed by atoms with Crippen molar-refractivity contribution in [3.8, 4) is 5.75 Å². The SMILES string of the molecule is C[N+]1(CCOc2ccccc2)CC[C@H](OC(=O)C(O)(Cc2cccs2)Cc2cccs2)C1.[Br-]. The third-order valence-corrected chi connectivity index (χ3v) is 7.78. The van der Waals surface area contributed by atoms with Crippen molar-refractivity contribution < 1.29 is 40.8 Å². The van der Waals surface area contributed by atoms with E-state index < -0.39 is 11.6 Å². The fourth-order valence-corrected chi connectivity index (χ4v) is 5.82. The van der Waals surface area contributed by atoms with E-state index in [2.05, 4.69) is 7.05 Å². The van der Waals surface area contributed by atoms with E-state index in [4.69, 9.17) is 9.47 Å². The zero-order chi connectivity index (χ0) is 22.4. The van der Waals surface area contributed by atoms with E-state index >= 15 is 0 Å². The van der Waals surface area contributed by atoms with Gasteiger partial charge in [0, 0.05) is 29.0 Å². The summed E-state index contributed by atoms with van der Waals surface area (Å²) < 4.78 is 12.5. The first-order chi connectivity index (χ1) is 15.4. The summed E-state index contributed by atoms with van der Waals surface area (Å²) in [5, 5.41) is 15.3. The molecule has 1 N–H and O–H groups in total. The molecule has 5 nitrogen and oxygen atoms in total. The van der Waals surface area contributed by atoms with Crippen molar-refractivity contribution in [2.45, 2.75) is 31.0 Å². The van der Waals surface area contributed by atoms with Crippen molar-refractivity contribution in [1.29, 1.82) is 0 Å². The number of carbonyl (C=O) groups is 1. The maximum atomic E-state index is 13.2. The lowest BCUT2D eigenvalue weighted by atomic mass is 9.93. The molecular formula is C25H30BrNO4S2. The molecule has 2 aromatic heterocycles. The summed E-state index contributed by atoms with van der Waals surface area (Å²) in [6.45, 7) is 3.11. The molecule has 33 heavy (non-hydrogen) atoms. The van der Waals surface area contributed by atoms with Crippen LogP contribution in [-0.2, 0) is 22.4 Å². The fraction of sp³-hybridized carbons (Fsp3) is 0.400. The molecule has 3 aromatic rings. The number of halogens is 1. The van der Waals surface area contributed by atoms with Crippen molar-refractivity contribution in [2.24, 2.45) is 0 Å². The Balaban J connectivity index is 0.00000306. The van der Waals surface area contributed by atoms with Gasteiger partial charge in [0.05, 0.1) is 13.6 Å². The van der Waals surface area contributed by atoms with Gasteiger partial charge in [-0.1, -0.05) is 30.3 Å². The third kappa shape index (κ3) is 7.13. The summed E-state index contributed by atoms with van der Waals surface area (Å²) in [7, 11) is 2.17. The number of aliphatic hydroxyl groups is 1. The normalized spacial score (nSPS) is 20.2. The molecule has 0 spiro atoms. The molecule has 2 atom stereocenters. The van der Waals surface area contributed by atoms with Gasteiger partial charge in [0.2, 0.25) is 0 Å². The van der Waals surface area contributed by atoms with Gasteiger partial charge in [0.15, 0.2) is 11.7 Å². The minimum Gasteiger partial charge on any atom is -1.00 e. The lowest BCUT2D eigenvalue weighted by molar-refractivity contribution is -0.898. The zero-order valence-electron chi connectivity index (χ0n) is 18.7. The Labute approximate surface area is 214 Å². The molecule has 3 heterocycles. The second-order valence-electron chi connectivity index (χ2n) is 8.77. The molecule has 1 unspecified atom stereocenters. The van der Waals surface area contributed by atoms with Gasteiger partial charge < -0.3 is 36.0 Å². The Kier molecular flexibility index (Phi) is 9.12. The number of para-hydroxylation sites is 1. The Bertz CT molecular complexity index is 945. The highest BCUT2D eigenvalue weighted by Gasteiger charge is 2.43. The molecule has 0 bridgehead atoms. The lowest BCUT2D eigenvalue weighted by Gasteiger charge is -2.30. The summed E-state index contributed by atoms with van der Waals surface area (Å²) in [4.78, 5) is 15.1. The van der Waals surface area contributed by atoms with Crippen LogP contribution >= 0.6 is 22.7 Å². The number of nitrogens with zero attached hydrogens (tertiary/aromatic N) is 1. The largest absolute Gasteiger partial charge is 1.00 e. The van der Waals surface area contributed by atoms with Crippen LogP contribution in [0.15, 0.2) is 65.4 Å². The van der Waals surface area contributed by atoms with Crippen LogP contribution in [0.3, 0.4) is 0 Å². The van der Waals surface area contributed by atoms with Crippen LogP contribution in [0, 0.1) is 0 Å². The molecule has 0 radical (unpaired) electrons. The number of hydrogen-bond acceptors (Lipinski definition) is 6. The number of quaternary nitrogens is 1. The number of hydrogen-bond donors (Lipinski definition) is 1. The van der Waals surface area contributed by atoms with Crippen molar-refractivity contribution in [3.63, 3.8) is 0 Å². The second-order valence-corrected chi connectivity index (χ2v) is 10.8. The first-order valence-electron chi connectivity index (χ1n) is 10.9. The first-order valence-corrected chi connectivity index (χ1v) is 12.7. The molecule has 1 aliphatic rings. The summed E-state index contributed by atoms with van der Waals surface area (Å²) >= 11 is 3.10. The van der Waals surface area contributed by atoms with Gasteiger partial charge in [-0.05, 0) is 35.0 Å². The minimum atomic E-state index is -1.56. The van der Waals surface area contributed by atoms with E-state index in [1.807, 2.05) is 65.4 Å². The van der Waals surface area contributed by atoms with Crippen LogP contribution in [0.4, 0.5) is 0 Å². The predicted molar refractivity (Wildman–Crippen MR) is 128 cm³/mol. The van der Waals surface area contributed by atoms with Gasteiger partial charge in [-0.2, -0.15) is 0 Å². The van der Waals surface area contributed by atoms with Crippen molar-refractivity contribution in [3.05, 3.63) is 75.1 Å². The van der Waals surface area contributed by atoms with Crippen molar-refractivity contribution in [2.75, 3.05) is 33.3 Å². The Morgan fingerprint density at radius 3 is 2.27 bits per heavy atom. The van der Waals surface area contributed by atoms with E-state index in [0.717, 1.165) is 46.0 Å². The predicted octanol–water partition coefficient (Wildman–Crippen LogP) is 1.17. The average Bonchev–Trinajstić information content (AvgIpc) is 3.53. The Morgan fingerprint density at radius 1 is 1.06 bits per heavy atom. The number of esters is 1. The number of likely N-dealkylation sites (N-methyl/N-ethyl adjacent to an activating group) is 1. The molecule has 178 valence electrons. The molecule has 1 saturated heterocycles. The number of rotatable bonds is 10. The van der Waals surface area contributed by atoms with E-state index in [9.17, 15) is 9.90 Å². The highest BCUT2D eigenvalue weighted by Crippen LogP contribution is 2.28. The molecule has 0 aliphatic carbocycles.